The maximum atomic E-state index is 13.4. The van der Waals surface area contributed by atoms with Crippen molar-refractivity contribution in [3.05, 3.63) is 35.1 Å². The molecule has 0 heterocycles. The van der Waals surface area contributed by atoms with Crippen molar-refractivity contribution in [1.29, 1.82) is 0 Å². The maximum Gasteiger partial charge on any atom is 0.123 e. The van der Waals surface area contributed by atoms with Gasteiger partial charge in [-0.1, -0.05) is 13.0 Å². The molecule has 2 heteroatoms. The van der Waals surface area contributed by atoms with Crippen molar-refractivity contribution >= 4 is 0 Å². The van der Waals surface area contributed by atoms with Gasteiger partial charge in [-0.3, -0.25) is 0 Å². The van der Waals surface area contributed by atoms with Gasteiger partial charge in [0.05, 0.1) is 0 Å². The number of hydrogen-bond acceptors (Lipinski definition) is 1. The van der Waals surface area contributed by atoms with E-state index < -0.39 is 0 Å². The lowest BCUT2D eigenvalue weighted by Gasteiger charge is -2.20. The molecule has 0 radical (unpaired) electrons. The van der Waals surface area contributed by atoms with Crippen LogP contribution in [0.2, 0.25) is 0 Å². The van der Waals surface area contributed by atoms with Gasteiger partial charge in [0, 0.05) is 12.5 Å². The van der Waals surface area contributed by atoms with Crippen LogP contribution in [0.4, 0.5) is 4.39 Å². The highest BCUT2D eigenvalue weighted by molar-refractivity contribution is 5.29. The monoisotopic (exact) mass is 247 g/mol. The van der Waals surface area contributed by atoms with Gasteiger partial charge in [0.25, 0.3) is 0 Å². The van der Waals surface area contributed by atoms with Crippen LogP contribution in [0.25, 0.3) is 0 Å². The fraction of sp³-hybridized carbons (Fsp3) is 0.500. The average Bonchev–Trinajstić information content (AvgIpc) is 2.37. The molecule has 0 fully saturated rings. The summed E-state index contributed by atoms with van der Waals surface area (Å²) in [5, 5.41) is 3.48. The van der Waals surface area contributed by atoms with Crippen LogP contribution in [0, 0.1) is 24.6 Å². The second kappa shape index (κ2) is 7.89. The second-order valence-electron chi connectivity index (χ2n) is 4.47. The first-order valence-corrected chi connectivity index (χ1v) is 6.58. The molecule has 1 nitrogen and oxygen atoms in total. The average molecular weight is 247 g/mol. The number of aryl methyl sites for hydroxylation is 1. The summed E-state index contributed by atoms with van der Waals surface area (Å²) < 4.78 is 13.4. The molecule has 1 rings (SSSR count). The molecule has 0 aromatic heterocycles. The Morgan fingerprint density at radius 1 is 1.39 bits per heavy atom. The third-order valence-electron chi connectivity index (χ3n) is 2.99. The standard InChI is InChI=1S/C16H22FN/c1-4-6-7-8-16(18-11-5-2)15-12-14(17)10-9-13(15)3/h9-10,12,16,18H,5,7-8,11H2,1-3H3. The lowest BCUT2D eigenvalue weighted by atomic mass is 9.97. The van der Waals surface area contributed by atoms with E-state index in [9.17, 15) is 4.39 Å². The minimum atomic E-state index is -0.166. The highest BCUT2D eigenvalue weighted by atomic mass is 19.1. The van der Waals surface area contributed by atoms with Crippen LogP contribution in [0.3, 0.4) is 0 Å². The number of halogens is 1. The summed E-state index contributed by atoms with van der Waals surface area (Å²) in [6, 6.07) is 5.20. The van der Waals surface area contributed by atoms with Gasteiger partial charge in [0.1, 0.15) is 5.82 Å². The van der Waals surface area contributed by atoms with Crippen molar-refractivity contribution in [3.63, 3.8) is 0 Å². The zero-order valence-corrected chi connectivity index (χ0v) is 11.5. The first kappa shape index (κ1) is 14.7. The Hall–Kier alpha value is -1.33. The highest BCUT2D eigenvalue weighted by Gasteiger charge is 2.13. The summed E-state index contributed by atoms with van der Waals surface area (Å²) in [6.07, 6.45) is 2.84. The number of rotatable bonds is 6. The molecule has 1 N–H and O–H groups in total. The highest BCUT2D eigenvalue weighted by Crippen LogP contribution is 2.23. The van der Waals surface area contributed by atoms with E-state index in [2.05, 4.69) is 24.1 Å². The molecular weight excluding hydrogens is 225 g/mol. The lowest BCUT2D eigenvalue weighted by Crippen LogP contribution is -2.23. The van der Waals surface area contributed by atoms with Gasteiger partial charge in [-0.2, -0.15) is 0 Å². The van der Waals surface area contributed by atoms with Gasteiger partial charge in [-0.15, -0.1) is 11.8 Å². The summed E-state index contributed by atoms with van der Waals surface area (Å²) in [6.45, 7) is 6.96. The maximum absolute atomic E-state index is 13.4. The van der Waals surface area contributed by atoms with Gasteiger partial charge in [0.2, 0.25) is 0 Å². The number of benzene rings is 1. The third-order valence-corrected chi connectivity index (χ3v) is 2.99. The van der Waals surface area contributed by atoms with Crippen LogP contribution in [-0.4, -0.2) is 6.54 Å². The van der Waals surface area contributed by atoms with Crippen LogP contribution in [0.15, 0.2) is 18.2 Å². The van der Waals surface area contributed by atoms with E-state index >= 15 is 0 Å². The van der Waals surface area contributed by atoms with Crippen molar-refractivity contribution in [3.8, 4) is 11.8 Å². The van der Waals surface area contributed by atoms with Crippen LogP contribution in [0.1, 0.15) is 50.3 Å². The quantitative estimate of drug-likeness (QED) is 0.750. The van der Waals surface area contributed by atoms with Crippen molar-refractivity contribution in [2.45, 2.75) is 46.1 Å². The normalized spacial score (nSPS) is 11.8. The van der Waals surface area contributed by atoms with Gasteiger partial charge >= 0.3 is 0 Å². The first-order valence-electron chi connectivity index (χ1n) is 6.58. The molecule has 98 valence electrons. The van der Waals surface area contributed by atoms with E-state index in [1.807, 2.05) is 19.9 Å². The molecule has 0 aliphatic carbocycles. The SMILES string of the molecule is CC#CCCC(NCCC)c1cc(F)ccc1C. The lowest BCUT2D eigenvalue weighted by molar-refractivity contribution is 0.499. The number of nitrogens with one attached hydrogen (secondary N) is 1. The molecule has 1 aromatic carbocycles. The van der Waals surface area contributed by atoms with Crippen molar-refractivity contribution in [2.75, 3.05) is 6.54 Å². The Balaban J connectivity index is 2.84. The molecule has 0 spiro atoms. The van der Waals surface area contributed by atoms with E-state index in [-0.39, 0.29) is 11.9 Å². The van der Waals surface area contributed by atoms with Crippen molar-refractivity contribution in [2.24, 2.45) is 0 Å². The van der Waals surface area contributed by atoms with Crippen LogP contribution >= 0.6 is 0 Å². The molecule has 0 aliphatic rings. The minimum Gasteiger partial charge on any atom is -0.310 e. The van der Waals surface area contributed by atoms with Gasteiger partial charge in [-0.05, 0) is 56.5 Å². The molecule has 1 atom stereocenters. The van der Waals surface area contributed by atoms with Gasteiger partial charge < -0.3 is 5.32 Å². The summed E-state index contributed by atoms with van der Waals surface area (Å²) >= 11 is 0. The van der Waals surface area contributed by atoms with E-state index in [4.69, 9.17) is 0 Å². The minimum absolute atomic E-state index is 0.166. The Morgan fingerprint density at radius 2 is 2.17 bits per heavy atom. The van der Waals surface area contributed by atoms with E-state index in [0.29, 0.717) is 0 Å². The summed E-state index contributed by atoms with van der Waals surface area (Å²) in [4.78, 5) is 0. The summed E-state index contributed by atoms with van der Waals surface area (Å²) in [7, 11) is 0. The molecule has 0 amide bonds. The molecule has 18 heavy (non-hydrogen) atoms. The van der Waals surface area contributed by atoms with Gasteiger partial charge in [-0.25, -0.2) is 4.39 Å². The predicted octanol–water partition coefficient (Wildman–Crippen LogP) is 3.98. The third kappa shape index (κ3) is 4.50. The fourth-order valence-corrected chi connectivity index (χ4v) is 2.01. The zero-order chi connectivity index (χ0) is 13.4. The van der Waals surface area contributed by atoms with E-state index in [1.54, 1.807) is 6.07 Å². The predicted molar refractivity (Wildman–Crippen MR) is 74.9 cm³/mol. The smallest absolute Gasteiger partial charge is 0.123 e. The Kier molecular flexibility index (Phi) is 6.46. The largest absolute Gasteiger partial charge is 0.310 e. The van der Waals surface area contributed by atoms with Crippen molar-refractivity contribution in [1.82, 2.24) is 5.32 Å². The molecular formula is C16H22FN. The fourth-order valence-electron chi connectivity index (χ4n) is 2.01. The van der Waals surface area contributed by atoms with Gasteiger partial charge in [0.15, 0.2) is 0 Å². The van der Waals surface area contributed by atoms with E-state index in [1.165, 1.54) is 6.07 Å². The zero-order valence-electron chi connectivity index (χ0n) is 11.5. The van der Waals surface area contributed by atoms with Crippen LogP contribution in [0.5, 0.6) is 0 Å². The molecule has 1 aromatic rings. The Labute approximate surface area is 110 Å². The van der Waals surface area contributed by atoms with Crippen LogP contribution < -0.4 is 5.32 Å². The molecule has 0 saturated carbocycles. The Bertz CT molecular complexity index is 428. The molecule has 0 aliphatic heterocycles. The summed E-state index contributed by atoms with van der Waals surface area (Å²) in [5.41, 5.74) is 2.19. The number of hydrogen-bond donors (Lipinski definition) is 1. The second-order valence-corrected chi connectivity index (χ2v) is 4.47. The topological polar surface area (TPSA) is 12.0 Å². The molecule has 1 unspecified atom stereocenters. The summed E-state index contributed by atoms with van der Waals surface area (Å²) in [5.74, 6) is 5.81. The first-order chi connectivity index (χ1) is 8.69. The van der Waals surface area contributed by atoms with Crippen LogP contribution in [-0.2, 0) is 0 Å². The van der Waals surface area contributed by atoms with Crippen molar-refractivity contribution < 1.29 is 4.39 Å². The Morgan fingerprint density at radius 3 is 2.83 bits per heavy atom. The molecule has 0 saturated heterocycles. The molecule has 0 bridgehead atoms. The van der Waals surface area contributed by atoms with E-state index in [0.717, 1.165) is 36.9 Å².